The summed E-state index contributed by atoms with van der Waals surface area (Å²) >= 11 is 0. The van der Waals surface area contributed by atoms with Crippen LogP contribution in [-0.4, -0.2) is 17.5 Å². The molecular formula is C31H37N3O5. The van der Waals surface area contributed by atoms with Crippen molar-refractivity contribution >= 4 is 23.0 Å². The van der Waals surface area contributed by atoms with Crippen LogP contribution in [0.3, 0.4) is 0 Å². The number of benzene rings is 3. The fourth-order valence-corrected chi connectivity index (χ4v) is 3.97. The average Bonchev–Trinajstić information content (AvgIpc) is 2.96. The third-order valence-corrected chi connectivity index (χ3v) is 6.25. The van der Waals surface area contributed by atoms with E-state index < -0.39 is 10.9 Å². The number of carbonyl (C=O) groups is 1. The lowest BCUT2D eigenvalue weighted by Crippen LogP contribution is -2.08. The van der Waals surface area contributed by atoms with E-state index >= 15 is 0 Å². The van der Waals surface area contributed by atoms with Gasteiger partial charge in [0.15, 0.2) is 0 Å². The fraction of sp³-hybridized carbons (Fsp3) is 0.387. The number of ether oxygens (including phenoxy) is 2. The monoisotopic (exact) mass is 531 g/mol. The molecule has 0 radical (unpaired) electrons. The van der Waals surface area contributed by atoms with Crippen molar-refractivity contribution in [2.75, 3.05) is 6.61 Å². The van der Waals surface area contributed by atoms with Gasteiger partial charge < -0.3 is 9.47 Å². The van der Waals surface area contributed by atoms with E-state index in [1.54, 1.807) is 48.5 Å². The van der Waals surface area contributed by atoms with E-state index in [0.717, 1.165) is 12.2 Å². The molecule has 39 heavy (non-hydrogen) atoms. The molecule has 0 amide bonds. The standard InChI is InChI=1S/C31H37N3O5/c1-2-3-4-5-6-7-8-9-10-11-24-38-29-20-12-25(13-21-29)31(35)39-30-22-16-27(17-23-30)33-32-26-14-18-28(19-15-26)34(36)37/h12-23H,2-11,24H2,1H3. The van der Waals surface area contributed by atoms with Gasteiger partial charge in [-0.15, -0.1) is 0 Å². The lowest BCUT2D eigenvalue weighted by Gasteiger charge is -2.08. The van der Waals surface area contributed by atoms with E-state index in [-0.39, 0.29) is 5.69 Å². The summed E-state index contributed by atoms with van der Waals surface area (Å²) in [6.45, 7) is 2.92. The lowest BCUT2D eigenvalue weighted by atomic mass is 10.1. The molecule has 0 atom stereocenters. The number of non-ortho nitro benzene ring substituents is 1. The first-order chi connectivity index (χ1) is 19.0. The van der Waals surface area contributed by atoms with Gasteiger partial charge >= 0.3 is 5.97 Å². The van der Waals surface area contributed by atoms with Gasteiger partial charge in [0.05, 0.1) is 28.5 Å². The van der Waals surface area contributed by atoms with Crippen LogP contribution < -0.4 is 9.47 Å². The lowest BCUT2D eigenvalue weighted by molar-refractivity contribution is -0.384. The van der Waals surface area contributed by atoms with Crippen LogP contribution in [0.2, 0.25) is 0 Å². The molecule has 8 heteroatoms. The van der Waals surface area contributed by atoms with Crippen LogP contribution in [-0.2, 0) is 0 Å². The molecule has 0 aromatic heterocycles. The first kappa shape index (κ1) is 29.5. The van der Waals surface area contributed by atoms with Crippen molar-refractivity contribution in [3.63, 3.8) is 0 Å². The minimum atomic E-state index is -0.469. The van der Waals surface area contributed by atoms with Gasteiger partial charge in [0.2, 0.25) is 0 Å². The van der Waals surface area contributed by atoms with Gasteiger partial charge in [-0.2, -0.15) is 10.2 Å². The number of carbonyl (C=O) groups excluding carboxylic acids is 1. The molecule has 3 aromatic carbocycles. The highest BCUT2D eigenvalue weighted by Gasteiger charge is 2.09. The summed E-state index contributed by atoms with van der Waals surface area (Å²) in [6.07, 6.45) is 12.9. The number of nitro benzene ring substituents is 1. The molecule has 0 bridgehead atoms. The summed E-state index contributed by atoms with van der Waals surface area (Å²) < 4.78 is 11.3. The summed E-state index contributed by atoms with van der Waals surface area (Å²) in [5.41, 5.74) is 1.47. The third-order valence-electron chi connectivity index (χ3n) is 6.25. The largest absolute Gasteiger partial charge is 0.494 e. The van der Waals surface area contributed by atoms with Crippen LogP contribution >= 0.6 is 0 Å². The summed E-state index contributed by atoms with van der Waals surface area (Å²) in [4.78, 5) is 22.8. The Morgan fingerprint density at radius 2 is 1.18 bits per heavy atom. The van der Waals surface area contributed by atoms with E-state index in [9.17, 15) is 14.9 Å². The van der Waals surface area contributed by atoms with E-state index in [1.165, 1.54) is 82.1 Å². The highest BCUT2D eigenvalue weighted by atomic mass is 16.6. The molecule has 206 valence electrons. The minimum Gasteiger partial charge on any atom is -0.494 e. The van der Waals surface area contributed by atoms with Crippen molar-refractivity contribution in [3.05, 3.63) is 88.5 Å². The summed E-state index contributed by atoms with van der Waals surface area (Å²) in [6, 6.07) is 19.3. The molecule has 0 unspecified atom stereocenters. The van der Waals surface area contributed by atoms with E-state index in [4.69, 9.17) is 9.47 Å². The average molecular weight is 532 g/mol. The highest BCUT2D eigenvalue weighted by molar-refractivity contribution is 5.91. The molecule has 8 nitrogen and oxygen atoms in total. The van der Waals surface area contributed by atoms with Crippen LogP contribution in [0.25, 0.3) is 0 Å². The Balaban J connectivity index is 1.34. The number of hydrogen-bond acceptors (Lipinski definition) is 7. The summed E-state index contributed by atoms with van der Waals surface area (Å²) in [7, 11) is 0. The number of esters is 1. The maximum absolute atomic E-state index is 12.5. The smallest absolute Gasteiger partial charge is 0.343 e. The first-order valence-electron chi connectivity index (χ1n) is 13.8. The number of azo groups is 1. The maximum Gasteiger partial charge on any atom is 0.343 e. The van der Waals surface area contributed by atoms with Crippen LogP contribution in [0.15, 0.2) is 83.0 Å². The van der Waals surface area contributed by atoms with Gasteiger partial charge in [0.1, 0.15) is 11.5 Å². The number of hydrogen-bond donors (Lipinski definition) is 0. The van der Waals surface area contributed by atoms with E-state index in [2.05, 4.69) is 17.2 Å². The molecule has 0 N–H and O–H groups in total. The molecular weight excluding hydrogens is 494 g/mol. The van der Waals surface area contributed by atoms with Crippen molar-refractivity contribution in [3.8, 4) is 11.5 Å². The summed E-state index contributed by atoms with van der Waals surface area (Å²) in [5.74, 6) is 0.664. The third kappa shape index (κ3) is 11.1. The van der Waals surface area contributed by atoms with Crippen LogP contribution in [0.4, 0.5) is 17.1 Å². The number of unbranched alkanes of at least 4 members (excludes halogenated alkanes) is 9. The Labute approximate surface area is 230 Å². The zero-order chi connectivity index (χ0) is 27.7. The molecule has 0 aliphatic carbocycles. The molecule has 0 fully saturated rings. The summed E-state index contributed by atoms with van der Waals surface area (Å²) in [5, 5.41) is 18.9. The molecule has 0 saturated carbocycles. The zero-order valence-electron chi connectivity index (χ0n) is 22.6. The SMILES string of the molecule is CCCCCCCCCCCCOc1ccc(C(=O)Oc2ccc(N=Nc3ccc([N+](=O)[O-])cc3)cc2)cc1. The normalized spacial score (nSPS) is 11.0. The van der Waals surface area contributed by atoms with Crippen LogP contribution in [0.1, 0.15) is 81.5 Å². The fourth-order valence-electron chi connectivity index (χ4n) is 3.97. The Bertz CT molecular complexity index is 1180. The Hall–Kier alpha value is -4.07. The van der Waals surface area contributed by atoms with Gasteiger partial charge in [-0.25, -0.2) is 4.79 Å². The molecule has 0 aliphatic heterocycles. The van der Waals surface area contributed by atoms with Crippen molar-refractivity contribution in [1.29, 1.82) is 0 Å². The number of nitro groups is 1. The molecule has 3 rings (SSSR count). The molecule has 0 spiro atoms. The highest BCUT2D eigenvalue weighted by Crippen LogP contribution is 2.24. The van der Waals surface area contributed by atoms with Crippen LogP contribution in [0.5, 0.6) is 11.5 Å². The van der Waals surface area contributed by atoms with Gasteiger partial charge in [-0.05, 0) is 67.1 Å². The molecule has 3 aromatic rings. The van der Waals surface area contributed by atoms with Gasteiger partial charge in [0, 0.05) is 12.1 Å². The molecule has 0 heterocycles. The maximum atomic E-state index is 12.5. The second kappa shape index (κ2) is 16.7. The van der Waals surface area contributed by atoms with Crippen LogP contribution in [0, 0.1) is 10.1 Å². The van der Waals surface area contributed by atoms with Crippen molar-refractivity contribution in [2.45, 2.75) is 71.1 Å². The number of rotatable bonds is 17. The van der Waals surface area contributed by atoms with E-state index in [0.29, 0.717) is 29.3 Å². The number of nitrogens with zero attached hydrogens (tertiary/aromatic N) is 3. The van der Waals surface area contributed by atoms with Crippen molar-refractivity contribution in [2.24, 2.45) is 10.2 Å². The Kier molecular flexibility index (Phi) is 12.6. The quantitative estimate of drug-likeness (QED) is 0.0431. The van der Waals surface area contributed by atoms with E-state index in [1.807, 2.05) is 0 Å². The zero-order valence-corrected chi connectivity index (χ0v) is 22.6. The predicted molar refractivity (Wildman–Crippen MR) is 152 cm³/mol. The minimum absolute atomic E-state index is 0.00775. The van der Waals surface area contributed by atoms with Crippen molar-refractivity contribution in [1.82, 2.24) is 0 Å². The van der Waals surface area contributed by atoms with Crippen molar-refractivity contribution < 1.29 is 19.2 Å². The molecule has 0 saturated heterocycles. The van der Waals surface area contributed by atoms with Gasteiger partial charge in [-0.3, -0.25) is 10.1 Å². The Morgan fingerprint density at radius 1 is 0.692 bits per heavy atom. The Morgan fingerprint density at radius 3 is 1.72 bits per heavy atom. The van der Waals surface area contributed by atoms with Gasteiger partial charge in [-0.1, -0.05) is 64.7 Å². The first-order valence-corrected chi connectivity index (χ1v) is 13.8. The van der Waals surface area contributed by atoms with Gasteiger partial charge in [0.25, 0.3) is 5.69 Å². The molecule has 0 aliphatic rings. The predicted octanol–water partition coefficient (Wildman–Crippen LogP) is 9.53. The second-order valence-electron chi connectivity index (χ2n) is 9.41. The second-order valence-corrected chi connectivity index (χ2v) is 9.41. The topological polar surface area (TPSA) is 103 Å².